The zero-order chi connectivity index (χ0) is 14.0. The topological polar surface area (TPSA) is 81.1 Å². The van der Waals surface area contributed by atoms with Crippen molar-refractivity contribution in [2.24, 2.45) is 5.73 Å². The summed E-state index contributed by atoms with van der Waals surface area (Å²) in [4.78, 5) is 12.2. The smallest absolute Gasteiger partial charge is 0.273 e. The van der Waals surface area contributed by atoms with Gasteiger partial charge in [-0.3, -0.25) is 4.79 Å². The van der Waals surface area contributed by atoms with Crippen LogP contribution < -0.4 is 11.1 Å². The van der Waals surface area contributed by atoms with Gasteiger partial charge in [0.05, 0.1) is 5.54 Å². The van der Waals surface area contributed by atoms with Crippen LogP contribution in [-0.4, -0.2) is 23.1 Å². The van der Waals surface area contributed by atoms with Crippen molar-refractivity contribution < 1.29 is 9.32 Å². The van der Waals surface area contributed by atoms with Gasteiger partial charge in [0.1, 0.15) is 0 Å². The van der Waals surface area contributed by atoms with Crippen molar-refractivity contribution in [1.82, 2.24) is 10.5 Å². The first-order chi connectivity index (χ1) is 9.72. The number of nitrogens with one attached hydrogen (secondary N) is 1. The molecule has 3 N–H and O–H groups in total. The van der Waals surface area contributed by atoms with Gasteiger partial charge in [-0.25, -0.2) is 0 Å². The number of carbonyl (C=O) groups is 1. The van der Waals surface area contributed by atoms with Crippen LogP contribution in [0.4, 0.5) is 0 Å². The summed E-state index contributed by atoms with van der Waals surface area (Å²) >= 11 is 0. The molecule has 104 valence electrons. The van der Waals surface area contributed by atoms with Crippen LogP contribution in [0.15, 0.2) is 40.9 Å². The van der Waals surface area contributed by atoms with E-state index in [0.29, 0.717) is 18.0 Å². The number of nitrogens with zero attached hydrogens (tertiary/aromatic N) is 1. The zero-order valence-corrected chi connectivity index (χ0v) is 11.1. The van der Waals surface area contributed by atoms with E-state index in [2.05, 4.69) is 10.5 Å². The molecule has 2 aromatic rings. The van der Waals surface area contributed by atoms with E-state index in [1.807, 2.05) is 30.3 Å². The fraction of sp³-hybridized carbons (Fsp3) is 0.333. The summed E-state index contributed by atoms with van der Waals surface area (Å²) < 4.78 is 5.23. The first-order valence-electron chi connectivity index (χ1n) is 6.77. The fourth-order valence-corrected chi connectivity index (χ4v) is 2.41. The molecule has 1 aliphatic carbocycles. The van der Waals surface area contributed by atoms with Crippen LogP contribution in [0.1, 0.15) is 29.8 Å². The largest absolute Gasteiger partial charge is 0.355 e. The molecule has 1 amide bonds. The maximum atomic E-state index is 12.2. The highest BCUT2D eigenvalue weighted by Gasteiger charge is 2.37. The SMILES string of the molecule is NCC1(NC(=O)c2cc(-c3ccccc3)on2)CCC1. The lowest BCUT2D eigenvalue weighted by molar-refractivity contribution is 0.0828. The van der Waals surface area contributed by atoms with E-state index in [9.17, 15) is 4.79 Å². The van der Waals surface area contributed by atoms with Crippen molar-refractivity contribution in [3.8, 4) is 11.3 Å². The molecule has 0 aliphatic heterocycles. The van der Waals surface area contributed by atoms with Crippen LogP contribution in [0.2, 0.25) is 0 Å². The number of nitrogens with two attached hydrogens (primary N) is 1. The Bertz CT molecular complexity index is 597. The lowest BCUT2D eigenvalue weighted by atomic mass is 9.77. The molecule has 1 fully saturated rings. The Balaban J connectivity index is 1.75. The number of amides is 1. The predicted octanol–water partition coefficient (Wildman–Crippen LogP) is 1.95. The van der Waals surface area contributed by atoms with E-state index in [1.54, 1.807) is 6.07 Å². The van der Waals surface area contributed by atoms with Crippen molar-refractivity contribution in [2.45, 2.75) is 24.8 Å². The highest BCUT2D eigenvalue weighted by Crippen LogP contribution is 2.31. The molecule has 0 bridgehead atoms. The molecule has 1 aromatic heterocycles. The van der Waals surface area contributed by atoms with Gasteiger partial charge in [-0.2, -0.15) is 0 Å². The van der Waals surface area contributed by atoms with E-state index >= 15 is 0 Å². The van der Waals surface area contributed by atoms with E-state index in [4.69, 9.17) is 10.3 Å². The van der Waals surface area contributed by atoms with Crippen LogP contribution in [0.25, 0.3) is 11.3 Å². The average Bonchev–Trinajstić information content (AvgIpc) is 2.93. The second kappa shape index (κ2) is 5.09. The molecule has 1 aliphatic rings. The van der Waals surface area contributed by atoms with Crippen LogP contribution in [-0.2, 0) is 0 Å². The van der Waals surface area contributed by atoms with Crippen LogP contribution in [0, 0.1) is 0 Å². The average molecular weight is 271 g/mol. The Morgan fingerprint density at radius 1 is 1.35 bits per heavy atom. The van der Waals surface area contributed by atoms with E-state index < -0.39 is 0 Å². The molecule has 5 nitrogen and oxygen atoms in total. The maximum Gasteiger partial charge on any atom is 0.273 e. The van der Waals surface area contributed by atoms with Crippen molar-refractivity contribution in [2.75, 3.05) is 6.54 Å². The number of hydrogen-bond acceptors (Lipinski definition) is 4. The fourth-order valence-electron chi connectivity index (χ4n) is 2.41. The number of aromatic nitrogens is 1. The van der Waals surface area contributed by atoms with E-state index in [0.717, 1.165) is 24.8 Å². The van der Waals surface area contributed by atoms with Gasteiger partial charge >= 0.3 is 0 Å². The monoisotopic (exact) mass is 271 g/mol. The van der Waals surface area contributed by atoms with Crippen molar-refractivity contribution in [3.05, 3.63) is 42.1 Å². The third kappa shape index (κ3) is 2.32. The van der Waals surface area contributed by atoms with E-state index in [-0.39, 0.29) is 11.4 Å². The predicted molar refractivity (Wildman–Crippen MR) is 75.0 cm³/mol. The standard InChI is InChI=1S/C15H17N3O2/c16-10-15(7-4-8-15)17-14(19)12-9-13(20-18-12)11-5-2-1-3-6-11/h1-3,5-6,9H,4,7-8,10,16H2,(H,17,19). The number of carbonyl (C=O) groups excluding carboxylic acids is 1. The van der Waals surface area contributed by atoms with Gasteiger partial charge in [-0.05, 0) is 19.3 Å². The second-order valence-corrected chi connectivity index (χ2v) is 5.23. The first kappa shape index (κ1) is 12.9. The van der Waals surface area contributed by atoms with Crippen LogP contribution in [0.3, 0.4) is 0 Å². The highest BCUT2D eigenvalue weighted by molar-refractivity contribution is 5.93. The molecule has 1 heterocycles. The summed E-state index contributed by atoms with van der Waals surface area (Å²) in [6.07, 6.45) is 2.96. The second-order valence-electron chi connectivity index (χ2n) is 5.23. The lowest BCUT2D eigenvalue weighted by Gasteiger charge is -2.41. The van der Waals surface area contributed by atoms with Gasteiger partial charge in [-0.1, -0.05) is 35.5 Å². The lowest BCUT2D eigenvalue weighted by Crippen LogP contribution is -2.58. The number of rotatable bonds is 4. The maximum absolute atomic E-state index is 12.2. The molecule has 3 rings (SSSR count). The molecule has 1 aromatic carbocycles. The van der Waals surface area contributed by atoms with Gasteiger partial charge < -0.3 is 15.6 Å². The van der Waals surface area contributed by atoms with Crippen LogP contribution in [0.5, 0.6) is 0 Å². The van der Waals surface area contributed by atoms with Crippen molar-refractivity contribution in [3.63, 3.8) is 0 Å². The minimum absolute atomic E-state index is 0.221. The van der Waals surface area contributed by atoms with Crippen molar-refractivity contribution >= 4 is 5.91 Å². The third-order valence-corrected chi connectivity index (χ3v) is 3.88. The summed E-state index contributed by atoms with van der Waals surface area (Å²) in [6.45, 7) is 0.460. The zero-order valence-electron chi connectivity index (χ0n) is 11.1. The molecule has 0 unspecified atom stereocenters. The first-order valence-corrected chi connectivity index (χ1v) is 6.77. The summed E-state index contributed by atoms with van der Waals surface area (Å²) in [6, 6.07) is 11.2. The van der Waals surface area contributed by atoms with Gasteiger partial charge in [0.2, 0.25) is 0 Å². The number of hydrogen-bond donors (Lipinski definition) is 2. The Labute approximate surface area is 117 Å². The molecule has 0 spiro atoms. The van der Waals surface area contributed by atoms with Gasteiger partial charge in [0.15, 0.2) is 11.5 Å². The molecular weight excluding hydrogens is 254 g/mol. The molecule has 0 atom stereocenters. The molecule has 20 heavy (non-hydrogen) atoms. The molecule has 1 saturated carbocycles. The Morgan fingerprint density at radius 2 is 2.10 bits per heavy atom. The Morgan fingerprint density at radius 3 is 2.70 bits per heavy atom. The minimum atomic E-state index is -0.247. The molecule has 0 saturated heterocycles. The summed E-state index contributed by atoms with van der Waals surface area (Å²) in [5.74, 6) is 0.368. The highest BCUT2D eigenvalue weighted by atomic mass is 16.5. The van der Waals surface area contributed by atoms with Gasteiger partial charge in [0, 0.05) is 18.2 Å². The quantitative estimate of drug-likeness (QED) is 0.890. The van der Waals surface area contributed by atoms with E-state index in [1.165, 1.54) is 0 Å². The molecule has 5 heteroatoms. The third-order valence-electron chi connectivity index (χ3n) is 3.88. The Kier molecular flexibility index (Phi) is 3.28. The Hall–Kier alpha value is -2.14. The van der Waals surface area contributed by atoms with Gasteiger partial charge in [-0.15, -0.1) is 0 Å². The normalized spacial score (nSPS) is 16.4. The summed E-state index contributed by atoms with van der Waals surface area (Å²) in [7, 11) is 0. The molecular formula is C15H17N3O2. The summed E-state index contributed by atoms with van der Waals surface area (Å²) in [5.41, 5.74) is 6.68. The summed E-state index contributed by atoms with van der Waals surface area (Å²) in [5, 5.41) is 6.82. The van der Waals surface area contributed by atoms with Gasteiger partial charge in [0.25, 0.3) is 5.91 Å². The minimum Gasteiger partial charge on any atom is -0.355 e. The van der Waals surface area contributed by atoms with Crippen molar-refractivity contribution in [1.29, 1.82) is 0 Å². The molecule has 0 radical (unpaired) electrons. The van der Waals surface area contributed by atoms with Crippen LogP contribution >= 0.6 is 0 Å². The number of benzene rings is 1.